The maximum Gasteiger partial charge on any atom is 0.224 e. The Morgan fingerprint density at radius 3 is 2.68 bits per heavy atom. The van der Waals surface area contributed by atoms with Gasteiger partial charge in [0.15, 0.2) is 0 Å². The van der Waals surface area contributed by atoms with Crippen molar-refractivity contribution in [3.8, 4) is 0 Å². The number of aryl methyl sites for hydroxylation is 2. The zero-order valence-corrected chi connectivity index (χ0v) is 11.0. The van der Waals surface area contributed by atoms with Gasteiger partial charge in [-0.05, 0) is 43.7 Å². The van der Waals surface area contributed by atoms with Crippen molar-refractivity contribution in [1.82, 2.24) is 9.78 Å². The van der Waals surface area contributed by atoms with Crippen molar-refractivity contribution in [2.45, 2.75) is 26.3 Å². The number of carbonyl (C=O) groups excluding carboxylic acids is 1. The van der Waals surface area contributed by atoms with E-state index in [1.54, 1.807) is 24.3 Å². The molecule has 5 nitrogen and oxygen atoms in total. The van der Waals surface area contributed by atoms with Gasteiger partial charge in [0.05, 0.1) is 5.69 Å². The molecule has 2 rings (SSSR count). The highest BCUT2D eigenvalue weighted by Gasteiger charge is 2.02. The highest BCUT2D eigenvalue weighted by Crippen LogP contribution is 2.11. The van der Waals surface area contributed by atoms with Gasteiger partial charge in [0, 0.05) is 30.5 Å². The lowest BCUT2D eigenvalue weighted by molar-refractivity contribution is -0.116. The molecular weight excluding hydrogens is 240 g/mol. The molecule has 5 heteroatoms. The van der Waals surface area contributed by atoms with Gasteiger partial charge >= 0.3 is 0 Å². The second-order valence-corrected chi connectivity index (χ2v) is 4.49. The Morgan fingerprint density at radius 2 is 2.05 bits per heavy atom. The first-order chi connectivity index (χ1) is 9.13. The van der Waals surface area contributed by atoms with E-state index in [0.29, 0.717) is 12.1 Å². The van der Waals surface area contributed by atoms with E-state index in [0.717, 1.165) is 24.3 Å². The van der Waals surface area contributed by atoms with Crippen molar-refractivity contribution in [2.24, 2.45) is 0 Å². The minimum Gasteiger partial charge on any atom is -0.399 e. The van der Waals surface area contributed by atoms with Crippen LogP contribution in [0.4, 0.5) is 11.4 Å². The minimum atomic E-state index is 0.00801. The zero-order valence-electron chi connectivity index (χ0n) is 11.0. The van der Waals surface area contributed by atoms with Gasteiger partial charge in [-0.2, -0.15) is 5.10 Å². The summed E-state index contributed by atoms with van der Waals surface area (Å²) in [7, 11) is 0. The molecule has 0 aliphatic rings. The van der Waals surface area contributed by atoms with Crippen molar-refractivity contribution >= 4 is 17.3 Å². The van der Waals surface area contributed by atoms with Crippen LogP contribution in [0.1, 0.15) is 18.5 Å². The number of amides is 1. The van der Waals surface area contributed by atoms with E-state index in [9.17, 15) is 4.79 Å². The van der Waals surface area contributed by atoms with Gasteiger partial charge in [0.2, 0.25) is 5.91 Å². The molecule has 0 atom stereocenters. The molecule has 3 N–H and O–H groups in total. The van der Waals surface area contributed by atoms with Gasteiger partial charge in [-0.3, -0.25) is 9.48 Å². The van der Waals surface area contributed by atoms with Gasteiger partial charge in [-0.15, -0.1) is 0 Å². The standard InChI is InChI=1S/C14H18N4O/c1-11-8-10-18(17-11)9-2-3-14(19)16-13-6-4-12(15)5-7-13/h4-8,10H,2-3,9,15H2,1H3,(H,16,19). The van der Waals surface area contributed by atoms with E-state index < -0.39 is 0 Å². The van der Waals surface area contributed by atoms with Crippen molar-refractivity contribution in [3.05, 3.63) is 42.2 Å². The molecular formula is C14H18N4O. The van der Waals surface area contributed by atoms with Gasteiger partial charge < -0.3 is 11.1 Å². The van der Waals surface area contributed by atoms with Gasteiger partial charge in [0.1, 0.15) is 0 Å². The summed E-state index contributed by atoms with van der Waals surface area (Å²) in [5.74, 6) is 0.00801. The molecule has 1 aromatic heterocycles. The van der Waals surface area contributed by atoms with Crippen LogP contribution in [0, 0.1) is 6.92 Å². The van der Waals surface area contributed by atoms with Crippen LogP contribution in [0.3, 0.4) is 0 Å². The molecule has 0 fully saturated rings. The van der Waals surface area contributed by atoms with E-state index in [1.165, 1.54) is 0 Å². The third-order valence-electron chi connectivity index (χ3n) is 2.76. The summed E-state index contributed by atoms with van der Waals surface area (Å²) in [5, 5.41) is 7.11. The minimum absolute atomic E-state index is 0.00801. The van der Waals surface area contributed by atoms with E-state index in [1.807, 2.05) is 23.9 Å². The normalized spacial score (nSPS) is 10.4. The molecule has 1 aromatic carbocycles. The topological polar surface area (TPSA) is 72.9 Å². The number of hydrogen-bond acceptors (Lipinski definition) is 3. The number of nitrogens with two attached hydrogens (primary N) is 1. The number of rotatable bonds is 5. The lowest BCUT2D eigenvalue weighted by atomic mass is 10.2. The largest absolute Gasteiger partial charge is 0.399 e. The number of hydrogen-bond donors (Lipinski definition) is 2. The molecule has 1 amide bonds. The van der Waals surface area contributed by atoms with Crippen LogP contribution in [0.2, 0.25) is 0 Å². The van der Waals surface area contributed by atoms with E-state index in [4.69, 9.17) is 5.73 Å². The van der Waals surface area contributed by atoms with Crippen LogP contribution in [0.25, 0.3) is 0 Å². The second kappa shape index (κ2) is 6.04. The lowest BCUT2D eigenvalue weighted by Crippen LogP contribution is -2.12. The number of nitrogens with one attached hydrogen (secondary N) is 1. The van der Waals surface area contributed by atoms with Crippen LogP contribution in [-0.2, 0) is 11.3 Å². The van der Waals surface area contributed by atoms with E-state index in [-0.39, 0.29) is 5.91 Å². The van der Waals surface area contributed by atoms with Gasteiger partial charge in [-0.25, -0.2) is 0 Å². The molecule has 2 aromatic rings. The Morgan fingerprint density at radius 1 is 1.32 bits per heavy atom. The maximum absolute atomic E-state index is 11.7. The predicted octanol–water partition coefficient (Wildman–Crippen LogP) is 2.19. The van der Waals surface area contributed by atoms with Crippen LogP contribution in [-0.4, -0.2) is 15.7 Å². The molecule has 0 radical (unpaired) electrons. The Kier molecular flexibility index (Phi) is 4.18. The smallest absolute Gasteiger partial charge is 0.224 e. The number of nitrogens with zero attached hydrogens (tertiary/aromatic N) is 2. The molecule has 19 heavy (non-hydrogen) atoms. The van der Waals surface area contributed by atoms with Crippen LogP contribution in [0.5, 0.6) is 0 Å². The first-order valence-corrected chi connectivity index (χ1v) is 6.29. The highest BCUT2D eigenvalue weighted by atomic mass is 16.1. The van der Waals surface area contributed by atoms with Crippen LogP contribution < -0.4 is 11.1 Å². The highest BCUT2D eigenvalue weighted by molar-refractivity contribution is 5.90. The molecule has 0 aliphatic carbocycles. The summed E-state index contributed by atoms with van der Waals surface area (Å²) in [5.41, 5.74) is 8.03. The number of carbonyl (C=O) groups is 1. The summed E-state index contributed by atoms with van der Waals surface area (Å²) >= 11 is 0. The molecule has 0 bridgehead atoms. The molecule has 0 saturated heterocycles. The van der Waals surface area contributed by atoms with Crippen LogP contribution >= 0.6 is 0 Å². The van der Waals surface area contributed by atoms with Crippen molar-refractivity contribution in [3.63, 3.8) is 0 Å². The van der Waals surface area contributed by atoms with Crippen LogP contribution in [0.15, 0.2) is 36.5 Å². The Balaban J connectivity index is 1.74. The number of nitrogen functional groups attached to an aromatic ring is 1. The van der Waals surface area contributed by atoms with Crippen molar-refractivity contribution in [1.29, 1.82) is 0 Å². The monoisotopic (exact) mass is 258 g/mol. The molecule has 1 heterocycles. The first-order valence-electron chi connectivity index (χ1n) is 6.29. The summed E-state index contributed by atoms with van der Waals surface area (Å²) in [6.45, 7) is 2.70. The second-order valence-electron chi connectivity index (χ2n) is 4.49. The summed E-state index contributed by atoms with van der Waals surface area (Å²) < 4.78 is 1.85. The third-order valence-corrected chi connectivity index (χ3v) is 2.76. The SMILES string of the molecule is Cc1ccn(CCCC(=O)Nc2ccc(N)cc2)n1. The maximum atomic E-state index is 11.7. The molecule has 0 saturated carbocycles. The molecule has 100 valence electrons. The fourth-order valence-corrected chi connectivity index (χ4v) is 1.78. The Hall–Kier alpha value is -2.30. The quantitative estimate of drug-likeness (QED) is 0.807. The van der Waals surface area contributed by atoms with Crippen molar-refractivity contribution < 1.29 is 4.79 Å². The average Bonchev–Trinajstić information content (AvgIpc) is 2.78. The first kappa shape index (κ1) is 13.1. The Labute approximate surface area is 112 Å². The Bertz CT molecular complexity index is 545. The molecule has 0 aliphatic heterocycles. The predicted molar refractivity (Wildman–Crippen MR) is 75.7 cm³/mol. The van der Waals surface area contributed by atoms with E-state index >= 15 is 0 Å². The summed E-state index contributed by atoms with van der Waals surface area (Å²) in [4.78, 5) is 11.7. The van der Waals surface area contributed by atoms with Gasteiger partial charge in [0.25, 0.3) is 0 Å². The van der Waals surface area contributed by atoms with E-state index in [2.05, 4.69) is 10.4 Å². The van der Waals surface area contributed by atoms with Crippen molar-refractivity contribution in [2.75, 3.05) is 11.1 Å². The summed E-state index contributed by atoms with van der Waals surface area (Å²) in [6, 6.07) is 9.08. The average molecular weight is 258 g/mol. The number of benzene rings is 1. The third kappa shape index (κ3) is 4.13. The zero-order chi connectivity index (χ0) is 13.7. The number of anilines is 2. The number of aromatic nitrogens is 2. The fourth-order valence-electron chi connectivity index (χ4n) is 1.78. The van der Waals surface area contributed by atoms with Gasteiger partial charge in [-0.1, -0.05) is 0 Å². The summed E-state index contributed by atoms with van der Waals surface area (Å²) in [6.07, 6.45) is 3.17. The molecule has 0 spiro atoms. The fraction of sp³-hybridized carbons (Fsp3) is 0.286. The lowest BCUT2D eigenvalue weighted by Gasteiger charge is -2.05. The molecule has 0 unspecified atom stereocenters.